The van der Waals surface area contributed by atoms with Crippen LogP contribution in [0.5, 0.6) is 0 Å². The van der Waals surface area contributed by atoms with E-state index in [9.17, 15) is 27.7 Å². The lowest BCUT2D eigenvalue weighted by Gasteiger charge is -2.34. The lowest BCUT2D eigenvalue weighted by Crippen LogP contribution is -2.50. The highest BCUT2D eigenvalue weighted by Crippen LogP contribution is 2.27. The summed E-state index contributed by atoms with van der Waals surface area (Å²) in [6.07, 6.45) is 0. The molecule has 28 heavy (non-hydrogen) atoms. The molecule has 0 spiro atoms. The molecule has 1 amide bonds. The second-order valence-corrected chi connectivity index (χ2v) is 8.36. The number of benzene rings is 2. The Bertz CT molecular complexity index is 1040. The molecule has 0 saturated carbocycles. The number of sulfonamides is 1. The maximum Gasteiger partial charge on any atom is 0.289 e. The number of carbonyl (C=O) groups is 1. The van der Waals surface area contributed by atoms with Gasteiger partial charge in [0.25, 0.3) is 11.6 Å². The van der Waals surface area contributed by atoms with Crippen molar-refractivity contribution in [3.63, 3.8) is 0 Å². The van der Waals surface area contributed by atoms with E-state index in [1.165, 1.54) is 29.2 Å². The van der Waals surface area contributed by atoms with E-state index in [1.807, 2.05) is 0 Å². The molecule has 0 atom stereocenters. The first-order valence-electron chi connectivity index (χ1n) is 8.19. The number of amides is 1. The summed E-state index contributed by atoms with van der Waals surface area (Å²) < 4.78 is 39.9. The van der Waals surface area contributed by atoms with Crippen LogP contribution < -0.4 is 0 Å². The Morgan fingerprint density at radius 1 is 1.11 bits per heavy atom. The highest BCUT2D eigenvalue weighted by molar-refractivity contribution is 7.89. The minimum absolute atomic E-state index is 0.0278. The molecule has 0 N–H and O–H groups in total. The van der Waals surface area contributed by atoms with Gasteiger partial charge in [0.05, 0.1) is 15.5 Å². The molecule has 0 aliphatic carbocycles. The quantitative estimate of drug-likeness (QED) is 0.551. The van der Waals surface area contributed by atoms with E-state index < -0.39 is 32.4 Å². The summed E-state index contributed by atoms with van der Waals surface area (Å²) in [5.41, 5.74) is -0.378. The fraction of sp³-hybridized carbons (Fsp3) is 0.235. The van der Waals surface area contributed by atoms with Gasteiger partial charge in [0.2, 0.25) is 10.0 Å². The SMILES string of the molecule is O=C(c1ccc(F)cc1Cl)N1CCN(S(=O)(=O)c2ccccc2[N+](=O)[O-])CC1. The van der Waals surface area contributed by atoms with E-state index in [0.29, 0.717) is 0 Å². The van der Waals surface area contributed by atoms with Crippen LogP contribution in [0.25, 0.3) is 0 Å². The summed E-state index contributed by atoms with van der Waals surface area (Å²) >= 11 is 5.91. The largest absolute Gasteiger partial charge is 0.336 e. The lowest BCUT2D eigenvalue weighted by molar-refractivity contribution is -0.387. The molecule has 0 aromatic heterocycles. The zero-order valence-electron chi connectivity index (χ0n) is 14.4. The van der Waals surface area contributed by atoms with E-state index in [1.54, 1.807) is 0 Å². The van der Waals surface area contributed by atoms with Gasteiger partial charge in [-0.1, -0.05) is 23.7 Å². The van der Waals surface area contributed by atoms with Crippen LogP contribution in [-0.2, 0) is 10.0 Å². The predicted octanol–water partition coefficient (Wildman–Crippen LogP) is 2.53. The van der Waals surface area contributed by atoms with Gasteiger partial charge in [-0.05, 0) is 24.3 Å². The van der Waals surface area contributed by atoms with Crippen LogP contribution in [0.15, 0.2) is 47.4 Å². The molecule has 1 aliphatic rings. The third-order valence-electron chi connectivity index (χ3n) is 4.37. The van der Waals surface area contributed by atoms with Crippen molar-refractivity contribution in [2.24, 2.45) is 0 Å². The van der Waals surface area contributed by atoms with E-state index in [-0.39, 0.29) is 41.7 Å². The second kappa shape index (κ2) is 7.82. The number of halogens is 2. The minimum Gasteiger partial charge on any atom is -0.336 e. The van der Waals surface area contributed by atoms with Crippen molar-refractivity contribution < 1.29 is 22.5 Å². The first-order chi connectivity index (χ1) is 13.2. The summed E-state index contributed by atoms with van der Waals surface area (Å²) in [6.45, 7) is 0.0939. The van der Waals surface area contributed by atoms with E-state index in [4.69, 9.17) is 11.6 Å². The molecule has 0 unspecified atom stereocenters. The number of para-hydroxylation sites is 1. The summed E-state index contributed by atoms with van der Waals surface area (Å²) in [7, 11) is -4.09. The molecular formula is C17H15ClFN3O5S. The Labute approximate surface area is 165 Å². The molecular weight excluding hydrogens is 413 g/mol. The number of nitrogens with zero attached hydrogens (tertiary/aromatic N) is 3. The summed E-state index contributed by atoms with van der Waals surface area (Å²) in [6, 6.07) is 8.54. The maximum absolute atomic E-state index is 13.2. The van der Waals surface area contributed by atoms with Gasteiger partial charge >= 0.3 is 0 Å². The fourth-order valence-electron chi connectivity index (χ4n) is 2.93. The third-order valence-corrected chi connectivity index (χ3v) is 6.63. The molecule has 1 aliphatic heterocycles. The molecule has 8 nitrogen and oxygen atoms in total. The molecule has 0 bridgehead atoms. The molecule has 1 fully saturated rings. The van der Waals surface area contributed by atoms with Crippen molar-refractivity contribution in [2.75, 3.05) is 26.2 Å². The standard InChI is InChI=1S/C17H15ClFN3O5S/c18-14-11-12(19)5-6-13(14)17(23)20-7-9-21(10-8-20)28(26,27)16-4-2-1-3-15(16)22(24)25/h1-6,11H,7-10H2. The van der Waals surface area contributed by atoms with Gasteiger partial charge in [0, 0.05) is 32.2 Å². The topological polar surface area (TPSA) is 101 Å². The average molecular weight is 428 g/mol. The Kier molecular flexibility index (Phi) is 5.64. The Morgan fingerprint density at radius 2 is 1.75 bits per heavy atom. The van der Waals surface area contributed by atoms with E-state index in [2.05, 4.69) is 0 Å². The summed E-state index contributed by atoms with van der Waals surface area (Å²) in [4.78, 5) is 24.0. The summed E-state index contributed by atoms with van der Waals surface area (Å²) in [5.74, 6) is -1.00. The van der Waals surface area contributed by atoms with Gasteiger partial charge in [-0.15, -0.1) is 0 Å². The van der Waals surface area contributed by atoms with Crippen LogP contribution in [0.1, 0.15) is 10.4 Å². The summed E-state index contributed by atoms with van der Waals surface area (Å²) in [5, 5.41) is 11.1. The first kappa shape index (κ1) is 20.2. The van der Waals surface area contributed by atoms with Crippen molar-refractivity contribution in [3.8, 4) is 0 Å². The number of carbonyl (C=O) groups excluding carboxylic acids is 1. The molecule has 3 rings (SSSR count). The maximum atomic E-state index is 13.2. The van der Waals surface area contributed by atoms with Crippen LogP contribution in [0.4, 0.5) is 10.1 Å². The number of hydrogen-bond donors (Lipinski definition) is 0. The predicted molar refractivity (Wildman–Crippen MR) is 99.2 cm³/mol. The molecule has 1 heterocycles. The van der Waals surface area contributed by atoms with E-state index in [0.717, 1.165) is 22.5 Å². The van der Waals surface area contributed by atoms with Crippen molar-refractivity contribution >= 4 is 33.2 Å². The normalized spacial score (nSPS) is 15.4. The number of nitro groups is 1. The molecule has 2 aromatic rings. The van der Waals surface area contributed by atoms with Crippen molar-refractivity contribution in [1.82, 2.24) is 9.21 Å². The second-order valence-electron chi connectivity index (χ2n) is 6.05. The van der Waals surface area contributed by atoms with Gasteiger partial charge < -0.3 is 4.90 Å². The zero-order chi connectivity index (χ0) is 20.5. The Balaban J connectivity index is 1.76. The van der Waals surface area contributed by atoms with Gasteiger partial charge in [0.15, 0.2) is 4.90 Å². The lowest BCUT2D eigenvalue weighted by atomic mass is 10.2. The monoisotopic (exact) mass is 427 g/mol. The van der Waals surface area contributed by atoms with E-state index >= 15 is 0 Å². The molecule has 2 aromatic carbocycles. The molecule has 1 saturated heterocycles. The van der Waals surface area contributed by atoms with Crippen LogP contribution in [0, 0.1) is 15.9 Å². The molecule has 0 radical (unpaired) electrons. The number of hydrogen-bond acceptors (Lipinski definition) is 5. The molecule has 148 valence electrons. The fourth-order valence-corrected chi connectivity index (χ4v) is 4.76. The van der Waals surface area contributed by atoms with Crippen LogP contribution in [0.2, 0.25) is 5.02 Å². The van der Waals surface area contributed by atoms with Gasteiger partial charge in [-0.2, -0.15) is 4.31 Å². The van der Waals surface area contributed by atoms with Crippen molar-refractivity contribution in [3.05, 3.63) is 69.0 Å². The van der Waals surface area contributed by atoms with Crippen molar-refractivity contribution in [2.45, 2.75) is 4.90 Å². The van der Waals surface area contributed by atoms with Crippen LogP contribution in [0.3, 0.4) is 0 Å². The highest BCUT2D eigenvalue weighted by Gasteiger charge is 2.34. The zero-order valence-corrected chi connectivity index (χ0v) is 16.0. The Morgan fingerprint density at radius 3 is 2.36 bits per heavy atom. The molecule has 11 heteroatoms. The van der Waals surface area contributed by atoms with Gasteiger partial charge in [0.1, 0.15) is 5.82 Å². The van der Waals surface area contributed by atoms with Crippen molar-refractivity contribution in [1.29, 1.82) is 0 Å². The van der Waals surface area contributed by atoms with Gasteiger partial charge in [-0.3, -0.25) is 14.9 Å². The number of rotatable bonds is 4. The number of nitro benzene ring substituents is 1. The average Bonchev–Trinajstić information content (AvgIpc) is 2.67. The first-order valence-corrected chi connectivity index (χ1v) is 10.0. The number of piperazine rings is 1. The third kappa shape index (κ3) is 3.84. The highest BCUT2D eigenvalue weighted by atomic mass is 35.5. The smallest absolute Gasteiger partial charge is 0.289 e. The van der Waals surface area contributed by atoms with Crippen LogP contribution in [-0.4, -0.2) is 54.6 Å². The minimum atomic E-state index is -4.09. The van der Waals surface area contributed by atoms with Crippen LogP contribution >= 0.6 is 11.6 Å². The Hall–Kier alpha value is -2.56. The van der Waals surface area contributed by atoms with Gasteiger partial charge in [-0.25, -0.2) is 12.8 Å².